The number of aliphatic imine (C=N–C) groups is 1. The van der Waals surface area contributed by atoms with Gasteiger partial charge in [0, 0.05) is 39.3 Å². The lowest BCUT2D eigenvalue weighted by molar-refractivity contribution is -0.130. The van der Waals surface area contributed by atoms with Crippen molar-refractivity contribution in [3.8, 4) is 0 Å². The Labute approximate surface area is 200 Å². The Balaban J connectivity index is 0.00000341. The van der Waals surface area contributed by atoms with Crippen molar-refractivity contribution in [1.82, 2.24) is 20.9 Å². The van der Waals surface area contributed by atoms with Crippen molar-refractivity contribution in [2.45, 2.75) is 19.4 Å². The van der Waals surface area contributed by atoms with Gasteiger partial charge in [-0.05, 0) is 41.7 Å². The SMILES string of the molecule is CN=C(NCCc1cccc(C(=O)NC)c1)NCC(=O)N1CCc2ccccc2C1.I. The number of amides is 2. The Morgan fingerprint density at radius 3 is 2.58 bits per heavy atom. The van der Waals surface area contributed by atoms with E-state index in [1.165, 1.54) is 11.1 Å². The van der Waals surface area contributed by atoms with Crippen LogP contribution >= 0.6 is 24.0 Å². The van der Waals surface area contributed by atoms with Gasteiger partial charge in [0.15, 0.2) is 5.96 Å². The van der Waals surface area contributed by atoms with Gasteiger partial charge in [-0.2, -0.15) is 0 Å². The first-order chi connectivity index (χ1) is 14.6. The van der Waals surface area contributed by atoms with Crippen LogP contribution in [0.25, 0.3) is 0 Å². The first kappa shape index (κ1) is 24.6. The number of halogens is 1. The second kappa shape index (κ2) is 12.3. The quantitative estimate of drug-likeness (QED) is 0.300. The van der Waals surface area contributed by atoms with Gasteiger partial charge in [0.1, 0.15) is 0 Å². The molecule has 3 N–H and O–H groups in total. The van der Waals surface area contributed by atoms with Gasteiger partial charge >= 0.3 is 0 Å². The maximum absolute atomic E-state index is 12.6. The summed E-state index contributed by atoms with van der Waals surface area (Å²) in [6.07, 6.45) is 1.63. The molecular formula is C23H30IN5O2. The number of carbonyl (C=O) groups excluding carboxylic acids is 2. The summed E-state index contributed by atoms with van der Waals surface area (Å²) in [5, 5.41) is 8.95. The zero-order chi connectivity index (χ0) is 21.3. The predicted molar refractivity (Wildman–Crippen MR) is 134 cm³/mol. The molecule has 0 radical (unpaired) electrons. The zero-order valence-corrected chi connectivity index (χ0v) is 20.3. The molecule has 0 bridgehead atoms. The van der Waals surface area contributed by atoms with Gasteiger partial charge in [0.05, 0.1) is 6.54 Å². The summed E-state index contributed by atoms with van der Waals surface area (Å²) in [7, 11) is 3.30. The standard InChI is InChI=1S/C23H29N5O2.HI/c1-24-22(30)19-9-5-6-17(14-19)10-12-26-23(25-2)27-15-21(29)28-13-11-18-7-3-4-8-20(18)16-28;/h3-9,14H,10-13,15-16H2,1-2H3,(H,24,30)(H2,25,26,27);1H. The summed E-state index contributed by atoms with van der Waals surface area (Å²) in [6.45, 7) is 2.24. The summed E-state index contributed by atoms with van der Waals surface area (Å²) in [4.78, 5) is 30.4. The number of hydrogen-bond acceptors (Lipinski definition) is 3. The molecule has 31 heavy (non-hydrogen) atoms. The Kier molecular flexibility index (Phi) is 9.77. The maximum atomic E-state index is 12.6. The number of fused-ring (bicyclic) bond motifs is 1. The summed E-state index contributed by atoms with van der Waals surface area (Å²) in [5.41, 5.74) is 4.25. The molecule has 7 nitrogen and oxygen atoms in total. The number of nitrogens with zero attached hydrogens (tertiary/aromatic N) is 2. The van der Waals surface area contributed by atoms with Crippen LogP contribution in [0.5, 0.6) is 0 Å². The molecule has 8 heteroatoms. The molecule has 1 aliphatic heterocycles. The highest BCUT2D eigenvalue weighted by molar-refractivity contribution is 14.0. The molecule has 0 atom stereocenters. The normalized spacial score (nSPS) is 13.0. The topological polar surface area (TPSA) is 85.8 Å². The molecule has 2 amide bonds. The molecule has 0 fully saturated rings. The third-order valence-electron chi connectivity index (χ3n) is 5.24. The smallest absolute Gasteiger partial charge is 0.251 e. The molecule has 2 aromatic carbocycles. The van der Waals surface area contributed by atoms with E-state index in [4.69, 9.17) is 0 Å². The summed E-state index contributed by atoms with van der Waals surface area (Å²) < 4.78 is 0. The lowest BCUT2D eigenvalue weighted by Gasteiger charge is -2.29. The van der Waals surface area contributed by atoms with E-state index in [1.54, 1.807) is 20.2 Å². The van der Waals surface area contributed by atoms with Gasteiger partial charge in [-0.1, -0.05) is 36.4 Å². The van der Waals surface area contributed by atoms with Crippen LogP contribution in [0.15, 0.2) is 53.5 Å². The molecule has 0 unspecified atom stereocenters. The molecule has 0 aromatic heterocycles. The molecule has 3 rings (SSSR count). The summed E-state index contributed by atoms with van der Waals surface area (Å²) in [6, 6.07) is 15.8. The Hall–Kier alpha value is -2.62. The Bertz CT molecular complexity index is 932. The van der Waals surface area contributed by atoms with Crippen molar-refractivity contribution in [2.75, 3.05) is 33.7 Å². The third-order valence-corrected chi connectivity index (χ3v) is 5.24. The monoisotopic (exact) mass is 535 g/mol. The van der Waals surface area contributed by atoms with Crippen LogP contribution in [-0.4, -0.2) is 56.4 Å². The number of guanidine groups is 1. The first-order valence-corrected chi connectivity index (χ1v) is 10.2. The van der Waals surface area contributed by atoms with E-state index in [0.29, 0.717) is 24.6 Å². The van der Waals surface area contributed by atoms with E-state index in [9.17, 15) is 9.59 Å². The van der Waals surface area contributed by atoms with Gasteiger partial charge in [-0.15, -0.1) is 24.0 Å². The van der Waals surface area contributed by atoms with E-state index in [-0.39, 0.29) is 42.3 Å². The molecular weight excluding hydrogens is 505 g/mol. The van der Waals surface area contributed by atoms with E-state index in [0.717, 1.165) is 24.9 Å². The lowest BCUT2D eigenvalue weighted by Crippen LogP contribution is -2.46. The Morgan fingerprint density at radius 2 is 1.84 bits per heavy atom. The van der Waals surface area contributed by atoms with Gasteiger partial charge in [-0.3, -0.25) is 14.6 Å². The number of hydrogen-bond donors (Lipinski definition) is 3. The largest absolute Gasteiger partial charge is 0.356 e. The summed E-state index contributed by atoms with van der Waals surface area (Å²) in [5.74, 6) is 0.551. The number of carbonyl (C=O) groups is 2. The minimum Gasteiger partial charge on any atom is -0.356 e. The molecule has 166 valence electrons. The van der Waals surface area contributed by atoms with Crippen LogP contribution in [0.1, 0.15) is 27.0 Å². The number of benzene rings is 2. The molecule has 2 aromatic rings. The minimum absolute atomic E-state index is 0. The van der Waals surface area contributed by atoms with E-state index < -0.39 is 0 Å². The number of rotatable bonds is 6. The van der Waals surface area contributed by atoms with E-state index in [1.807, 2.05) is 35.2 Å². The zero-order valence-electron chi connectivity index (χ0n) is 18.0. The van der Waals surface area contributed by atoms with Gasteiger partial charge in [0.25, 0.3) is 5.91 Å². The lowest BCUT2D eigenvalue weighted by atomic mass is 10.00. The van der Waals surface area contributed by atoms with Crippen molar-refractivity contribution in [3.63, 3.8) is 0 Å². The van der Waals surface area contributed by atoms with Crippen LogP contribution in [0.4, 0.5) is 0 Å². The van der Waals surface area contributed by atoms with Crippen LogP contribution in [0, 0.1) is 0 Å². The predicted octanol–water partition coefficient (Wildman–Crippen LogP) is 1.96. The highest BCUT2D eigenvalue weighted by Gasteiger charge is 2.20. The van der Waals surface area contributed by atoms with Crippen molar-refractivity contribution >= 4 is 41.8 Å². The summed E-state index contributed by atoms with van der Waals surface area (Å²) >= 11 is 0. The van der Waals surface area contributed by atoms with E-state index in [2.05, 4.69) is 33.1 Å². The fourth-order valence-corrected chi connectivity index (χ4v) is 3.54. The molecule has 0 spiro atoms. The fourth-order valence-electron chi connectivity index (χ4n) is 3.54. The highest BCUT2D eigenvalue weighted by atomic mass is 127. The molecule has 0 saturated carbocycles. The molecule has 1 aliphatic rings. The van der Waals surface area contributed by atoms with E-state index >= 15 is 0 Å². The van der Waals surface area contributed by atoms with Crippen molar-refractivity contribution in [2.24, 2.45) is 4.99 Å². The average Bonchev–Trinajstić information content (AvgIpc) is 2.80. The van der Waals surface area contributed by atoms with Crippen LogP contribution < -0.4 is 16.0 Å². The maximum Gasteiger partial charge on any atom is 0.251 e. The van der Waals surface area contributed by atoms with Gasteiger partial charge in [-0.25, -0.2) is 0 Å². The van der Waals surface area contributed by atoms with Crippen LogP contribution in [0.2, 0.25) is 0 Å². The second-order valence-corrected chi connectivity index (χ2v) is 7.22. The molecule has 1 heterocycles. The van der Waals surface area contributed by atoms with Crippen LogP contribution in [-0.2, 0) is 24.2 Å². The minimum atomic E-state index is -0.0962. The number of nitrogens with one attached hydrogen (secondary N) is 3. The highest BCUT2D eigenvalue weighted by Crippen LogP contribution is 2.18. The second-order valence-electron chi connectivity index (χ2n) is 7.22. The third kappa shape index (κ3) is 6.95. The van der Waals surface area contributed by atoms with Gasteiger partial charge < -0.3 is 20.9 Å². The molecule has 0 saturated heterocycles. The van der Waals surface area contributed by atoms with Crippen molar-refractivity contribution in [1.29, 1.82) is 0 Å². The Morgan fingerprint density at radius 1 is 1.06 bits per heavy atom. The van der Waals surface area contributed by atoms with Crippen LogP contribution in [0.3, 0.4) is 0 Å². The average molecular weight is 535 g/mol. The molecule has 0 aliphatic carbocycles. The van der Waals surface area contributed by atoms with Crippen molar-refractivity contribution in [3.05, 3.63) is 70.8 Å². The first-order valence-electron chi connectivity index (χ1n) is 10.2. The fraction of sp³-hybridized carbons (Fsp3) is 0.348. The van der Waals surface area contributed by atoms with Gasteiger partial charge in [0.2, 0.25) is 5.91 Å². The van der Waals surface area contributed by atoms with Crippen molar-refractivity contribution < 1.29 is 9.59 Å².